The van der Waals surface area contributed by atoms with E-state index < -0.39 is 0 Å². The second kappa shape index (κ2) is 9.71. The standard InChI is InChI=1S/C23H27N3O3S/c1-15-6-7-16(2)19(12-15)26-11-10-24-23(26)30-17(3)22(27)25-14-18-8-9-20(28-4)21(13-18)29-5/h6-13,17H,14H2,1-5H3,(H,25,27). The van der Waals surface area contributed by atoms with Crippen LogP contribution in [0.1, 0.15) is 23.6 Å². The molecule has 0 saturated carbocycles. The average molecular weight is 426 g/mol. The van der Waals surface area contributed by atoms with Crippen LogP contribution < -0.4 is 14.8 Å². The molecule has 0 radical (unpaired) electrons. The van der Waals surface area contributed by atoms with Crippen molar-refractivity contribution in [2.45, 2.75) is 37.7 Å². The van der Waals surface area contributed by atoms with Crippen LogP contribution in [0.25, 0.3) is 5.69 Å². The number of hydrogen-bond donors (Lipinski definition) is 1. The lowest BCUT2D eigenvalue weighted by Gasteiger charge is -2.15. The maximum atomic E-state index is 12.7. The van der Waals surface area contributed by atoms with Crippen molar-refractivity contribution in [3.05, 3.63) is 65.5 Å². The zero-order valence-electron chi connectivity index (χ0n) is 17.9. The first kappa shape index (κ1) is 21.8. The molecule has 3 rings (SSSR count). The van der Waals surface area contributed by atoms with Gasteiger partial charge in [0.1, 0.15) is 0 Å². The summed E-state index contributed by atoms with van der Waals surface area (Å²) in [6.45, 7) is 6.44. The number of hydrogen-bond acceptors (Lipinski definition) is 5. The third-order valence-electron chi connectivity index (χ3n) is 4.80. The number of nitrogens with zero attached hydrogens (tertiary/aromatic N) is 2. The molecule has 1 atom stereocenters. The molecule has 1 aromatic heterocycles. The highest BCUT2D eigenvalue weighted by Gasteiger charge is 2.18. The summed E-state index contributed by atoms with van der Waals surface area (Å²) in [6, 6.07) is 11.9. The van der Waals surface area contributed by atoms with Gasteiger partial charge < -0.3 is 14.8 Å². The smallest absolute Gasteiger partial charge is 0.233 e. The molecule has 30 heavy (non-hydrogen) atoms. The van der Waals surface area contributed by atoms with E-state index in [4.69, 9.17) is 9.47 Å². The van der Waals surface area contributed by atoms with Gasteiger partial charge in [0.25, 0.3) is 0 Å². The molecule has 0 aliphatic carbocycles. The van der Waals surface area contributed by atoms with E-state index >= 15 is 0 Å². The molecule has 0 aliphatic rings. The predicted molar refractivity (Wildman–Crippen MR) is 120 cm³/mol. The number of carbonyl (C=O) groups excluding carboxylic acids is 1. The quantitative estimate of drug-likeness (QED) is 0.545. The van der Waals surface area contributed by atoms with Crippen molar-refractivity contribution in [3.63, 3.8) is 0 Å². The first-order chi connectivity index (χ1) is 14.4. The minimum atomic E-state index is -0.295. The van der Waals surface area contributed by atoms with Crippen LogP contribution in [0.2, 0.25) is 0 Å². The molecule has 0 saturated heterocycles. The number of aromatic nitrogens is 2. The molecule has 1 heterocycles. The van der Waals surface area contributed by atoms with Gasteiger partial charge >= 0.3 is 0 Å². The van der Waals surface area contributed by atoms with Gasteiger partial charge in [-0.3, -0.25) is 9.36 Å². The van der Waals surface area contributed by atoms with Crippen molar-refractivity contribution in [2.24, 2.45) is 0 Å². The van der Waals surface area contributed by atoms with Gasteiger partial charge in [0, 0.05) is 18.9 Å². The summed E-state index contributed by atoms with van der Waals surface area (Å²) in [4.78, 5) is 17.1. The first-order valence-corrected chi connectivity index (χ1v) is 10.6. The largest absolute Gasteiger partial charge is 0.493 e. The Labute approximate surface area is 181 Å². The fourth-order valence-corrected chi connectivity index (χ4v) is 3.98. The van der Waals surface area contributed by atoms with E-state index in [0.717, 1.165) is 22.0 Å². The Morgan fingerprint density at radius 3 is 2.63 bits per heavy atom. The zero-order chi connectivity index (χ0) is 21.7. The van der Waals surface area contributed by atoms with Crippen LogP contribution in [-0.2, 0) is 11.3 Å². The van der Waals surface area contributed by atoms with Gasteiger partial charge in [0.15, 0.2) is 16.7 Å². The van der Waals surface area contributed by atoms with Gasteiger partial charge in [-0.15, -0.1) is 0 Å². The monoisotopic (exact) mass is 425 g/mol. The number of methoxy groups -OCH3 is 2. The normalized spacial score (nSPS) is 11.8. The van der Waals surface area contributed by atoms with Gasteiger partial charge in [-0.05, 0) is 55.7 Å². The number of nitrogens with one attached hydrogen (secondary N) is 1. The lowest BCUT2D eigenvalue weighted by molar-refractivity contribution is -0.120. The van der Waals surface area contributed by atoms with Crippen LogP contribution in [0.4, 0.5) is 0 Å². The molecule has 0 spiro atoms. The highest BCUT2D eigenvalue weighted by molar-refractivity contribution is 8.00. The molecule has 1 N–H and O–H groups in total. The van der Waals surface area contributed by atoms with E-state index in [1.165, 1.54) is 17.3 Å². The number of amides is 1. The van der Waals surface area contributed by atoms with E-state index in [1.807, 2.05) is 35.9 Å². The molecule has 2 aromatic carbocycles. The lowest BCUT2D eigenvalue weighted by atomic mass is 10.1. The Morgan fingerprint density at radius 2 is 1.90 bits per heavy atom. The topological polar surface area (TPSA) is 65.4 Å². The molecule has 1 amide bonds. The molecule has 6 nitrogen and oxygen atoms in total. The summed E-state index contributed by atoms with van der Waals surface area (Å²) in [6.07, 6.45) is 3.69. The number of carbonyl (C=O) groups is 1. The number of thioether (sulfide) groups is 1. The molecule has 7 heteroatoms. The predicted octanol–water partition coefficient (Wildman–Crippen LogP) is 4.30. The van der Waals surface area contributed by atoms with Crippen LogP contribution in [-0.4, -0.2) is 34.9 Å². The summed E-state index contributed by atoms with van der Waals surface area (Å²) >= 11 is 1.44. The number of imidazole rings is 1. The van der Waals surface area contributed by atoms with Gasteiger partial charge in [0.2, 0.25) is 5.91 Å². The summed E-state index contributed by atoms with van der Waals surface area (Å²) in [5.74, 6) is 1.25. The van der Waals surface area contributed by atoms with Crippen LogP contribution in [0.3, 0.4) is 0 Å². The number of aryl methyl sites for hydroxylation is 2. The van der Waals surface area contributed by atoms with E-state index in [1.54, 1.807) is 20.4 Å². The second-order valence-electron chi connectivity index (χ2n) is 7.04. The minimum absolute atomic E-state index is 0.0506. The van der Waals surface area contributed by atoms with Crippen LogP contribution in [0, 0.1) is 13.8 Å². The highest BCUT2D eigenvalue weighted by Crippen LogP contribution is 2.28. The molecule has 3 aromatic rings. The molecular weight excluding hydrogens is 398 g/mol. The number of rotatable bonds is 8. The van der Waals surface area contributed by atoms with Gasteiger partial charge in [-0.25, -0.2) is 4.98 Å². The summed E-state index contributed by atoms with van der Waals surface area (Å²) in [5.41, 5.74) is 4.36. The number of benzene rings is 2. The van der Waals surface area contributed by atoms with Gasteiger partial charge in [-0.2, -0.15) is 0 Å². The molecule has 0 aliphatic heterocycles. The SMILES string of the molecule is COc1ccc(CNC(=O)C(C)Sc2nccn2-c2cc(C)ccc2C)cc1OC. The Hall–Kier alpha value is -2.93. The van der Waals surface area contributed by atoms with E-state index in [2.05, 4.69) is 42.3 Å². The van der Waals surface area contributed by atoms with Crippen molar-refractivity contribution >= 4 is 17.7 Å². The van der Waals surface area contributed by atoms with E-state index in [9.17, 15) is 4.79 Å². The summed E-state index contributed by atoms with van der Waals surface area (Å²) in [5, 5.41) is 3.48. The van der Waals surface area contributed by atoms with Crippen LogP contribution in [0.5, 0.6) is 11.5 Å². The Bertz CT molecular complexity index is 1030. The van der Waals surface area contributed by atoms with E-state index in [-0.39, 0.29) is 11.2 Å². The Morgan fingerprint density at radius 1 is 1.13 bits per heavy atom. The lowest BCUT2D eigenvalue weighted by Crippen LogP contribution is -2.30. The fourth-order valence-electron chi connectivity index (χ4n) is 3.07. The molecule has 158 valence electrons. The van der Waals surface area contributed by atoms with Crippen molar-refractivity contribution in [3.8, 4) is 17.2 Å². The molecule has 1 unspecified atom stereocenters. The van der Waals surface area contributed by atoms with Gasteiger partial charge in [0.05, 0.1) is 25.2 Å². The average Bonchev–Trinajstić information content (AvgIpc) is 3.21. The fraction of sp³-hybridized carbons (Fsp3) is 0.304. The molecule has 0 fully saturated rings. The maximum Gasteiger partial charge on any atom is 0.233 e. The Kier molecular flexibility index (Phi) is 7.05. The van der Waals surface area contributed by atoms with Crippen molar-refractivity contribution < 1.29 is 14.3 Å². The van der Waals surface area contributed by atoms with Crippen molar-refractivity contribution in [2.75, 3.05) is 14.2 Å². The third-order valence-corrected chi connectivity index (χ3v) is 5.88. The van der Waals surface area contributed by atoms with Crippen LogP contribution >= 0.6 is 11.8 Å². The number of ether oxygens (including phenoxy) is 2. The van der Waals surface area contributed by atoms with Gasteiger partial charge in [-0.1, -0.05) is 30.0 Å². The molecule has 0 bridgehead atoms. The maximum absolute atomic E-state index is 12.7. The van der Waals surface area contributed by atoms with Crippen LogP contribution in [0.15, 0.2) is 53.9 Å². The second-order valence-corrected chi connectivity index (χ2v) is 8.34. The zero-order valence-corrected chi connectivity index (χ0v) is 18.7. The van der Waals surface area contributed by atoms with Crippen molar-refractivity contribution in [1.82, 2.24) is 14.9 Å². The van der Waals surface area contributed by atoms with E-state index in [0.29, 0.717) is 18.0 Å². The summed E-state index contributed by atoms with van der Waals surface area (Å²) < 4.78 is 12.6. The highest BCUT2D eigenvalue weighted by atomic mass is 32.2. The minimum Gasteiger partial charge on any atom is -0.493 e. The first-order valence-electron chi connectivity index (χ1n) is 9.69. The summed E-state index contributed by atoms with van der Waals surface area (Å²) in [7, 11) is 3.19. The Balaban J connectivity index is 1.66. The van der Waals surface area contributed by atoms with Crippen molar-refractivity contribution in [1.29, 1.82) is 0 Å². The third kappa shape index (κ3) is 4.97. The molecular formula is C23H27N3O3S.